The maximum Gasteiger partial charge on any atom is 0.172 e. The van der Waals surface area contributed by atoms with E-state index in [0.717, 1.165) is 79.0 Å². The predicted octanol–water partition coefficient (Wildman–Crippen LogP) is 3.42. The first-order chi connectivity index (χ1) is 18.7. The van der Waals surface area contributed by atoms with E-state index in [1.165, 1.54) is 17.5 Å². The van der Waals surface area contributed by atoms with Gasteiger partial charge in [-0.15, -0.1) is 0 Å². The van der Waals surface area contributed by atoms with Gasteiger partial charge in [0.25, 0.3) is 0 Å². The van der Waals surface area contributed by atoms with Gasteiger partial charge in [0, 0.05) is 56.3 Å². The summed E-state index contributed by atoms with van der Waals surface area (Å²) in [4.78, 5) is 24.5. The minimum atomic E-state index is -0.171. The molecule has 5 N–H and O–H groups in total. The van der Waals surface area contributed by atoms with E-state index >= 15 is 0 Å². The predicted molar refractivity (Wildman–Crippen MR) is 159 cm³/mol. The van der Waals surface area contributed by atoms with E-state index in [-0.39, 0.29) is 17.7 Å². The van der Waals surface area contributed by atoms with Crippen LogP contribution in [0.5, 0.6) is 0 Å². The van der Waals surface area contributed by atoms with Crippen LogP contribution in [0.4, 0.5) is 0 Å². The van der Waals surface area contributed by atoms with Crippen molar-refractivity contribution in [3.05, 3.63) is 78.4 Å². The van der Waals surface area contributed by atoms with Gasteiger partial charge in [-0.3, -0.25) is 4.79 Å². The van der Waals surface area contributed by atoms with Crippen molar-refractivity contribution in [2.75, 3.05) is 0 Å². The number of aliphatic hydroxyl groups excluding tert-OH is 1. The molecule has 1 saturated heterocycles. The van der Waals surface area contributed by atoms with Crippen LogP contribution in [-0.4, -0.2) is 31.9 Å². The zero-order valence-corrected chi connectivity index (χ0v) is 23.7. The Bertz CT molecular complexity index is 1820. The van der Waals surface area contributed by atoms with E-state index in [4.69, 9.17) is 0 Å². The van der Waals surface area contributed by atoms with Gasteiger partial charge in [0.15, 0.2) is 5.78 Å². The molecule has 1 fully saturated rings. The van der Waals surface area contributed by atoms with E-state index < -0.39 is 0 Å². The van der Waals surface area contributed by atoms with Gasteiger partial charge in [0.1, 0.15) is 0 Å². The molecule has 6 rings (SSSR count). The third-order valence-corrected chi connectivity index (χ3v) is 9.51. The fraction of sp³-hybridized carbons (Fsp3) is 0.364. The highest BCUT2D eigenvalue weighted by Gasteiger charge is 2.44. The number of carbonyl (C=O) groups excluding carboxylic acids is 1. The first kappa shape index (κ1) is 25.4. The Labute approximate surface area is 228 Å². The highest BCUT2D eigenvalue weighted by atomic mass is 16.2. The fourth-order valence-electron chi connectivity index (χ4n) is 7.27. The van der Waals surface area contributed by atoms with E-state index in [0.29, 0.717) is 11.8 Å². The van der Waals surface area contributed by atoms with Crippen LogP contribution >= 0.6 is 0 Å². The number of carbonyl (C=O) groups is 1. The second-order valence-electron chi connectivity index (χ2n) is 11.3. The molecular formula is C33H38N4O2. The fourth-order valence-corrected chi connectivity index (χ4v) is 7.27. The van der Waals surface area contributed by atoms with Crippen molar-refractivity contribution in [3.63, 3.8) is 0 Å². The monoisotopic (exact) mass is 522 g/mol. The number of fused-ring (bicyclic) bond motifs is 8. The number of allylic oxidation sites excluding steroid dienone is 1. The van der Waals surface area contributed by atoms with Crippen LogP contribution in [-0.2, 0) is 6.42 Å². The van der Waals surface area contributed by atoms with Crippen molar-refractivity contribution in [1.29, 1.82) is 0 Å². The van der Waals surface area contributed by atoms with Gasteiger partial charge in [-0.2, -0.15) is 0 Å². The number of Topliss-reactive ketones (excluding diaryl/α,β-unsaturated/α-hetero) is 1. The Kier molecular flexibility index (Phi) is 5.90. The van der Waals surface area contributed by atoms with Gasteiger partial charge in [0.05, 0.1) is 23.0 Å². The number of hydrogen-bond acceptors (Lipinski definition) is 3. The lowest BCUT2D eigenvalue weighted by Crippen LogP contribution is -2.34. The van der Waals surface area contributed by atoms with Crippen LogP contribution in [0.2, 0.25) is 0 Å². The van der Waals surface area contributed by atoms with Crippen LogP contribution in [0.3, 0.4) is 0 Å². The van der Waals surface area contributed by atoms with Crippen molar-refractivity contribution < 1.29 is 9.90 Å². The summed E-state index contributed by atoms with van der Waals surface area (Å²) in [6, 6.07) is 0.0781. The Balaban J connectivity index is 1.77. The van der Waals surface area contributed by atoms with Crippen molar-refractivity contribution in [2.24, 2.45) is 17.8 Å². The zero-order chi connectivity index (χ0) is 27.7. The molecule has 0 aromatic carbocycles. The number of aromatic nitrogens is 3. The lowest BCUT2D eigenvalue weighted by Gasteiger charge is -2.23. The quantitative estimate of drug-likeness (QED) is 0.365. The number of aliphatic hydroxyl groups is 1. The van der Waals surface area contributed by atoms with Crippen LogP contribution < -0.4 is 26.6 Å². The van der Waals surface area contributed by atoms with Gasteiger partial charge < -0.3 is 25.4 Å². The summed E-state index contributed by atoms with van der Waals surface area (Å²) in [6.45, 7) is 16.9. The van der Waals surface area contributed by atoms with Crippen molar-refractivity contribution in [2.45, 2.75) is 60.4 Å². The summed E-state index contributed by atoms with van der Waals surface area (Å²) in [5, 5.41) is 17.6. The third kappa shape index (κ3) is 3.50. The molecule has 0 saturated carbocycles. The molecule has 0 radical (unpaired) electrons. The molecule has 3 aromatic rings. The van der Waals surface area contributed by atoms with Crippen molar-refractivity contribution >= 4 is 41.9 Å². The van der Waals surface area contributed by atoms with Gasteiger partial charge >= 0.3 is 0 Å². The van der Waals surface area contributed by atoms with E-state index in [9.17, 15) is 9.90 Å². The molecule has 6 nitrogen and oxygen atoms in total. The SMILES string of the molecule is C=Cc1c2[nH]c(c1C)/C=C1\NC(C3=c4[nH]/c(c(C)c4C(=O)[C@@H]3C)=C\c3[nH]c(/c(=C\O)c3CC)=C\2)[C@@H](CC)[C@@H]1C. The number of aromatic amines is 3. The first-order valence-electron chi connectivity index (χ1n) is 14.1. The normalized spacial score (nSPS) is 27.0. The maximum absolute atomic E-state index is 13.7. The minimum absolute atomic E-state index is 0.0781. The maximum atomic E-state index is 13.7. The van der Waals surface area contributed by atoms with Crippen molar-refractivity contribution in [3.8, 4) is 0 Å². The summed E-state index contributed by atoms with van der Waals surface area (Å²) in [7, 11) is 0. The molecule has 6 heteroatoms. The minimum Gasteiger partial charge on any atom is -0.515 e. The molecule has 4 atom stereocenters. The van der Waals surface area contributed by atoms with Gasteiger partial charge in [0.2, 0.25) is 0 Å². The van der Waals surface area contributed by atoms with Crippen molar-refractivity contribution in [1.82, 2.24) is 20.3 Å². The number of hydrogen-bond donors (Lipinski definition) is 5. The smallest absolute Gasteiger partial charge is 0.172 e. The number of ketones is 1. The highest BCUT2D eigenvalue weighted by Crippen LogP contribution is 2.41. The Morgan fingerprint density at radius 2 is 1.72 bits per heavy atom. The standard InChI is InChI=1S/C33H38N4O2/c1-8-19-15(4)23-11-24-16(5)20(9-2)31(36-24)29-18(7)33(39)30-17(6)25(37-32(29)30)12-27-21(10-3)22(14-38)28(35-27)13-26(19)34-23/h8,11-14,16,18,20,31,34-38H,1,9-10H2,2-7H3/b22-14-,24-11-,25-12-,28-13-/t16-,18+,20-,31?/m0/s1. The van der Waals surface area contributed by atoms with Gasteiger partial charge in [-0.1, -0.05) is 46.8 Å². The van der Waals surface area contributed by atoms with Gasteiger partial charge in [-0.25, -0.2) is 0 Å². The van der Waals surface area contributed by atoms with Crippen LogP contribution in [0, 0.1) is 31.6 Å². The molecule has 2 aliphatic heterocycles. The molecule has 0 spiro atoms. The number of nitrogens with one attached hydrogen (secondary N) is 4. The molecule has 1 unspecified atom stereocenters. The topological polar surface area (TPSA) is 96.7 Å². The Morgan fingerprint density at radius 1 is 0.974 bits per heavy atom. The molecule has 1 aliphatic carbocycles. The zero-order valence-electron chi connectivity index (χ0n) is 23.7. The number of H-pyrrole nitrogens is 3. The molecule has 3 aromatic heterocycles. The molecule has 5 heterocycles. The van der Waals surface area contributed by atoms with Crippen LogP contribution in [0.15, 0.2) is 12.3 Å². The summed E-state index contributed by atoms with van der Waals surface area (Å²) in [5.41, 5.74) is 10.3. The average molecular weight is 523 g/mol. The third-order valence-electron chi connectivity index (χ3n) is 9.51. The Hall–Kier alpha value is -3.93. The molecule has 202 valence electrons. The van der Waals surface area contributed by atoms with Gasteiger partial charge in [-0.05, 0) is 66.7 Å². The van der Waals surface area contributed by atoms with Crippen LogP contribution in [0.25, 0.3) is 36.1 Å². The molecular weight excluding hydrogens is 484 g/mol. The van der Waals surface area contributed by atoms with E-state index in [1.54, 1.807) is 0 Å². The molecule has 0 amide bonds. The summed E-state index contributed by atoms with van der Waals surface area (Å²) in [5.74, 6) is 0.708. The molecule has 3 aliphatic rings. The second kappa shape index (κ2) is 9.08. The summed E-state index contributed by atoms with van der Waals surface area (Å²) >= 11 is 0. The first-order valence-corrected chi connectivity index (χ1v) is 14.1. The lowest BCUT2D eigenvalue weighted by molar-refractivity contribution is 0.0960. The summed E-state index contributed by atoms with van der Waals surface area (Å²) in [6.07, 6.45) is 11.2. The lowest BCUT2D eigenvalue weighted by atomic mass is 9.82. The Morgan fingerprint density at radius 3 is 2.38 bits per heavy atom. The largest absolute Gasteiger partial charge is 0.515 e. The van der Waals surface area contributed by atoms with E-state index in [2.05, 4.69) is 79.7 Å². The number of rotatable bonds is 3. The molecule has 39 heavy (non-hydrogen) atoms. The average Bonchev–Trinajstić information content (AvgIpc) is 3.65. The highest BCUT2D eigenvalue weighted by molar-refractivity contribution is 6.08. The second-order valence-corrected chi connectivity index (χ2v) is 11.3. The molecule has 8 bridgehead atoms. The van der Waals surface area contributed by atoms with Crippen LogP contribution in [0.1, 0.15) is 83.8 Å². The summed E-state index contributed by atoms with van der Waals surface area (Å²) < 4.78 is 0. The van der Waals surface area contributed by atoms with E-state index in [1.807, 2.05) is 13.0 Å².